The minimum absolute atomic E-state index is 0.127. The molecule has 15 heavy (non-hydrogen) atoms. The highest BCUT2D eigenvalue weighted by Crippen LogP contribution is 2.25. The predicted octanol–water partition coefficient (Wildman–Crippen LogP) is 2.20. The number of hydrogen-bond donors (Lipinski definition) is 0. The third kappa shape index (κ3) is 1.79. The Bertz CT molecular complexity index is 427. The molecule has 4 nitrogen and oxygen atoms in total. The molecule has 0 aliphatic carbocycles. The van der Waals surface area contributed by atoms with E-state index in [9.17, 15) is 4.79 Å². The van der Waals surface area contributed by atoms with Gasteiger partial charge in [0.1, 0.15) is 17.4 Å². The standard InChI is InChI=1S/C11H13NO3/c1-6(2)4-8-10-9(15-12-8)5-7(3)14-11(10)13/h4,7H,5H2,1-3H3. The van der Waals surface area contributed by atoms with Crippen molar-refractivity contribution in [3.63, 3.8) is 0 Å². The molecule has 1 atom stereocenters. The number of allylic oxidation sites excluding steroid dienone is 1. The van der Waals surface area contributed by atoms with Crippen LogP contribution in [0.25, 0.3) is 6.08 Å². The average molecular weight is 207 g/mol. The summed E-state index contributed by atoms with van der Waals surface area (Å²) in [7, 11) is 0. The summed E-state index contributed by atoms with van der Waals surface area (Å²) in [4.78, 5) is 11.6. The monoisotopic (exact) mass is 207 g/mol. The molecule has 1 aliphatic heterocycles. The summed E-state index contributed by atoms with van der Waals surface area (Å²) in [5.41, 5.74) is 2.12. The van der Waals surface area contributed by atoms with Crippen molar-refractivity contribution in [3.05, 3.63) is 22.6 Å². The number of esters is 1. The number of carbonyl (C=O) groups excluding carboxylic acids is 1. The van der Waals surface area contributed by atoms with E-state index in [1.807, 2.05) is 26.8 Å². The highest BCUT2D eigenvalue weighted by molar-refractivity contribution is 5.94. The van der Waals surface area contributed by atoms with Gasteiger partial charge in [0, 0.05) is 6.42 Å². The number of fused-ring (bicyclic) bond motifs is 1. The normalized spacial score (nSPS) is 19.4. The Morgan fingerprint density at radius 2 is 2.27 bits per heavy atom. The lowest BCUT2D eigenvalue weighted by Gasteiger charge is -2.16. The van der Waals surface area contributed by atoms with Crippen LogP contribution in [0.1, 0.15) is 42.6 Å². The van der Waals surface area contributed by atoms with E-state index in [-0.39, 0.29) is 12.1 Å². The number of rotatable bonds is 1. The molecule has 0 saturated carbocycles. The Kier molecular flexibility index (Phi) is 2.34. The molecule has 1 unspecified atom stereocenters. The van der Waals surface area contributed by atoms with Gasteiger partial charge in [-0.25, -0.2) is 4.79 Å². The molecule has 0 amide bonds. The van der Waals surface area contributed by atoms with Crippen LogP contribution in [0.5, 0.6) is 0 Å². The smallest absolute Gasteiger partial charge is 0.344 e. The topological polar surface area (TPSA) is 52.3 Å². The number of aromatic nitrogens is 1. The van der Waals surface area contributed by atoms with Gasteiger partial charge < -0.3 is 9.26 Å². The van der Waals surface area contributed by atoms with Gasteiger partial charge in [0.15, 0.2) is 5.76 Å². The van der Waals surface area contributed by atoms with Crippen LogP contribution >= 0.6 is 0 Å². The highest BCUT2D eigenvalue weighted by Gasteiger charge is 2.30. The molecule has 0 fully saturated rings. The number of nitrogens with zero attached hydrogens (tertiary/aromatic N) is 1. The van der Waals surface area contributed by atoms with E-state index in [4.69, 9.17) is 9.26 Å². The minimum Gasteiger partial charge on any atom is -0.458 e. The molecule has 1 aromatic rings. The second kappa shape index (κ2) is 3.53. The Labute approximate surface area is 87.9 Å². The molecule has 0 radical (unpaired) electrons. The van der Waals surface area contributed by atoms with Gasteiger partial charge in [0.05, 0.1) is 0 Å². The van der Waals surface area contributed by atoms with Crippen molar-refractivity contribution in [2.45, 2.75) is 33.3 Å². The first kappa shape index (κ1) is 9.96. The number of carbonyl (C=O) groups is 1. The summed E-state index contributed by atoms with van der Waals surface area (Å²) in [6, 6.07) is 0. The molecule has 0 N–H and O–H groups in total. The first-order chi connectivity index (χ1) is 7.08. The maximum Gasteiger partial charge on any atom is 0.344 e. The van der Waals surface area contributed by atoms with Crippen LogP contribution in [0.15, 0.2) is 10.1 Å². The van der Waals surface area contributed by atoms with Gasteiger partial charge in [0.25, 0.3) is 0 Å². The minimum atomic E-state index is -0.336. The Hall–Kier alpha value is -1.58. The van der Waals surface area contributed by atoms with Gasteiger partial charge in [-0.3, -0.25) is 0 Å². The molecule has 1 aromatic heterocycles. The van der Waals surface area contributed by atoms with E-state index < -0.39 is 0 Å². The zero-order chi connectivity index (χ0) is 11.0. The molecule has 1 aliphatic rings. The summed E-state index contributed by atoms with van der Waals surface area (Å²) in [5, 5.41) is 3.87. The Morgan fingerprint density at radius 3 is 2.93 bits per heavy atom. The van der Waals surface area contributed by atoms with E-state index in [2.05, 4.69) is 5.16 Å². The summed E-state index contributed by atoms with van der Waals surface area (Å²) in [6.07, 6.45) is 2.29. The van der Waals surface area contributed by atoms with E-state index >= 15 is 0 Å². The van der Waals surface area contributed by atoms with Crippen LogP contribution in [0.3, 0.4) is 0 Å². The van der Waals surface area contributed by atoms with E-state index in [1.54, 1.807) is 0 Å². The summed E-state index contributed by atoms with van der Waals surface area (Å²) < 4.78 is 10.3. The third-order valence-electron chi connectivity index (χ3n) is 2.20. The van der Waals surface area contributed by atoms with Gasteiger partial charge in [-0.05, 0) is 26.8 Å². The molecule has 0 aromatic carbocycles. The SMILES string of the molecule is CC(C)=Cc1noc2c1C(=O)OC(C)C2. The lowest BCUT2D eigenvalue weighted by Crippen LogP contribution is -2.24. The summed E-state index contributed by atoms with van der Waals surface area (Å²) in [6.45, 7) is 5.72. The van der Waals surface area contributed by atoms with Gasteiger partial charge in [-0.1, -0.05) is 10.7 Å². The number of ether oxygens (including phenoxy) is 1. The number of hydrogen-bond acceptors (Lipinski definition) is 4. The summed E-state index contributed by atoms with van der Waals surface area (Å²) >= 11 is 0. The molecule has 2 heterocycles. The van der Waals surface area contributed by atoms with Crippen molar-refractivity contribution in [3.8, 4) is 0 Å². The fourth-order valence-corrected chi connectivity index (χ4v) is 1.61. The van der Waals surface area contributed by atoms with Gasteiger partial charge >= 0.3 is 5.97 Å². The lowest BCUT2D eigenvalue weighted by molar-refractivity contribution is 0.0280. The van der Waals surface area contributed by atoms with Gasteiger partial charge in [-0.2, -0.15) is 0 Å². The molecule has 0 saturated heterocycles. The van der Waals surface area contributed by atoms with Crippen LogP contribution < -0.4 is 0 Å². The van der Waals surface area contributed by atoms with Crippen molar-refractivity contribution in [2.75, 3.05) is 0 Å². The molecule has 0 bridgehead atoms. The lowest BCUT2D eigenvalue weighted by atomic mass is 10.1. The fraction of sp³-hybridized carbons (Fsp3) is 0.455. The maximum absolute atomic E-state index is 11.6. The van der Waals surface area contributed by atoms with Crippen molar-refractivity contribution in [2.24, 2.45) is 0 Å². The maximum atomic E-state index is 11.6. The molecule has 2 rings (SSSR count). The largest absolute Gasteiger partial charge is 0.458 e. The van der Waals surface area contributed by atoms with Crippen LogP contribution in [-0.2, 0) is 11.2 Å². The van der Waals surface area contributed by atoms with Crippen molar-refractivity contribution >= 4 is 12.0 Å². The van der Waals surface area contributed by atoms with E-state index in [1.165, 1.54) is 0 Å². The number of cyclic esters (lactones) is 1. The van der Waals surface area contributed by atoms with Crippen LogP contribution in [0, 0.1) is 0 Å². The summed E-state index contributed by atoms with van der Waals surface area (Å²) in [5.74, 6) is 0.295. The Balaban J connectivity index is 2.46. The molecular weight excluding hydrogens is 194 g/mol. The van der Waals surface area contributed by atoms with Crippen LogP contribution in [0.2, 0.25) is 0 Å². The van der Waals surface area contributed by atoms with Gasteiger partial charge in [0.2, 0.25) is 0 Å². The second-order valence-corrected chi connectivity index (χ2v) is 4.01. The van der Waals surface area contributed by atoms with Crippen LogP contribution in [-0.4, -0.2) is 17.2 Å². The first-order valence-electron chi connectivity index (χ1n) is 4.92. The molecular formula is C11H13NO3. The molecule has 0 spiro atoms. The molecule has 80 valence electrons. The average Bonchev–Trinajstić information content (AvgIpc) is 2.46. The van der Waals surface area contributed by atoms with Gasteiger partial charge in [-0.15, -0.1) is 0 Å². The van der Waals surface area contributed by atoms with Crippen molar-refractivity contribution in [1.82, 2.24) is 5.16 Å². The highest BCUT2D eigenvalue weighted by atomic mass is 16.5. The quantitative estimate of drug-likeness (QED) is 0.662. The molecule has 4 heteroatoms. The zero-order valence-electron chi connectivity index (χ0n) is 9.03. The fourth-order valence-electron chi connectivity index (χ4n) is 1.61. The Morgan fingerprint density at radius 1 is 1.53 bits per heavy atom. The van der Waals surface area contributed by atoms with Crippen molar-refractivity contribution < 1.29 is 14.1 Å². The second-order valence-electron chi connectivity index (χ2n) is 4.01. The third-order valence-corrected chi connectivity index (χ3v) is 2.20. The predicted molar refractivity (Wildman–Crippen MR) is 54.4 cm³/mol. The van der Waals surface area contributed by atoms with E-state index in [0.717, 1.165) is 5.57 Å². The first-order valence-corrected chi connectivity index (χ1v) is 4.92. The van der Waals surface area contributed by atoms with E-state index in [0.29, 0.717) is 23.4 Å². The zero-order valence-corrected chi connectivity index (χ0v) is 9.03. The van der Waals surface area contributed by atoms with Crippen molar-refractivity contribution in [1.29, 1.82) is 0 Å². The van der Waals surface area contributed by atoms with Crippen LogP contribution in [0.4, 0.5) is 0 Å².